The van der Waals surface area contributed by atoms with Crippen LogP contribution in [0.2, 0.25) is 0 Å². The van der Waals surface area contributed by atoms with Gasteiger partial charge in [-0.25, -0.2) is 0 Å². The van der Waals surface area contributed by atoms with Crippen LogP contribution in [-0.4, -0.2) is 40.2 Å². The molecule has 1 fully saturated rings. The number of nitrogens with zero attached hydrogens (tertiary/aromatic N) is 1. The van der Waals surface area contributed by atoms with Crippen molar-refractivity contribution in [3.05, 3.63) is 35.0 Å². The number of carboxylic acids is 1. The Morgan fingerprint density at radius 1 is 1.12 bits per heavy atom. The Morgan fingerprint density at radius 2 is 1.78 bits per heavy atom. The number of aromatic nitrogens is 1. The van der Waals surface area contributed by atoms with E-state index >= 15 is 0 Å². The molecule has 0 unspecified atom stereocenters. The van der Waals surface area contributed by atoms with Crippen molar-refractivity contribution in [2.75, 3.05) is 6.54 Å². The predicted molar refractivity (Wildman–Crippen MR) is 160 cm³/mol. The zero-order valence-corrected chi connectivity index (χ0v) is 26.1. The Balaban J connectivity index is 2.04. The van der Waals surface area contributed by atoms with E-state index in [9.17, 15) is 23.5 Å². The SMILES string of the molecule is Cc1c(SNC(C)(C)C)ccc(-c2cc(C(=O)NCCC(C)(C)C(=O)O)c(C)n2CC2CCCCC2)c1OC(F)F. The monoisotopic (exact) mass is 593 g/mol. The summed E-state index contributed by atoms with van der Waals surface area (Å²) < 4.78 is 38.0. The molecule has 1 heterocycles. The Labute approximate surface area is 246 Å². The molecule has 3 rings (SSSR count). The summed E-state index contributed by atoms with van der Waals surface area (Å²) in [5.41, 5.74) is 1.78. The fourth-order valence-electron chi connectivity index (χ4n) is 5.09. The number of hydrogen-bond acceptors (Lipinski definition) is 5. The van der Waals surface area contributed by atoms with Crippen LogP contribution in [0.3, 0.4) is 0 Å². The number of amides is 1. The molecule has 1 amide bonds. The molecule has 1 aromatic carbocycles. The summed E-state index contributed by atoms with van der Waals surface area (Å²) in [5.74, 6) is -0.724. The lowest BCUT2D eigenvalue weighted by Crippen LogP contribution is -2.32. The van der Waals surface area contributed by atoms with Crippen LogP contribution in [0.15, 0.2) is 23.1 Å². The van der Waals surface area contributed by atoms with Crippen LogP contribution in [0, 0.1) is 25.2 Å². The van der Waals surface area contributed by atoms with Crippen molar-refractivity contribution in [3.63, 3.8) is 0 Å². The van der Waals surface area contributed by atoms with Gasteiger partial charge in [-0.3, -0.25) is 14.3 Å². The molecule has 3 N–H and O–H groups in total. The smallest absolute Gasteiger partial charge is 0.387 e. The van der Waals surface area contributed by atoms with Gasteiger partial charge in [-0.05, 0) is 104 Å². The lowest BCUT2D eigenvalue weighted by molar-refractivity contribution is -0.147. The summed E-state index contributed by atoms with van der Waals surface area (Å²) in [6, 6.07) is 5.44. The molecule has 2 aromatic rings. The molecule has 1 aliphatic rings. The van der Waals surface area contributed by atoms with E-state index in [1.54, 1.807) is 32.9 Å². The fraction of sp³-hybridized carbons (Fsp3) is 0.613. The van der Waals surface area contributed by atoms with Crippen molar-refractivity contribution in [1.82, 2.24) is 14.6 Å². The number of hydrogen-bond donors (Lipinski definition) is 3. The number of carboxylic acid groups (broad SMARTS) is 1. The zero-order valence-electron chi connectivity index (χ0n) is 25.3. The molecule has 1 aromatic heterocycles. The number of alkyl halides is 2. The fourth-order valence-corrected chi connectivity index (χ4v) is 5.88. The highest BCUT2D eigenvalue weighted by Crippen LogP contribution is 2.41. The molecule has 10 heteroatoms. The highest BCUT2D eigenvalue weighted by molar-refractivity contribution is 7.97. The highest BCUT2D eigenvalue weighted by atomic mass is 32.2. The highest BCUT2D eigenvalue weighted by Gasteiger charge is 2.28. The lowest BCUT2D eigenvalue weighted by Gasteiger charge is -2.25. The summed E-state index contributed by atoms with van der Waals surface area (Å²) in [6.45, 7) is 10.8. The molecule has 41 heavy (non-hydrogen) atoms. The second-order valence-electron chi connectivity index (χ2n) is 12.7. The first-order valence-electron chi connectivity index (χ1n) is 14.3. The van der Waals surface area contributed by atoms with Gasteiger partial charge < -0.3 is 19.7 Å². The number of carbonyl (C=O) groups excluding carboxylic acids is 1. The molecule has 1 saturated carbocycles. The van der Waals surface area contributed by atoms with Crippen molar-refractivity contribution >= 4 is 23.8 Å². The molecule has 0 saturated heterocycles. The van der Waals surface area contributed by atoms with E-state index < -0.39 is 18.0 Å². The summed E-state index contributed by atoms with van der Waals surface area (Å²) in [4.78, 5) is 25.6. The van der Waals surface area contributed by atoms with E-state index in [1.165, 1.54) is 18.4 Å². The van der Waals surface area contributed by atoms with Crippen LogP contribution in [0.4, 0.5) is 8.78 Å². The standard InChI is InChI=1S/C31H45F2N3O4S/c1-19-25(41-35-30(3,4)5)14-13-22(26(19)40-29(32)33)24-17-23(27(37)34-16-15-31(6,7)28(38)39)20(2)36(24)18-21-11-9-8-10-12-21/h13-14,17,21,29,35H,8-12,15-16,18H2,1-7H3,(H,34,37)(H,38,39). The Bertz CT molecular complexity index is 1230. The largest absolute Gasteiger partial charge is 0.481 e. The van der Waals surface area contributed by atoms with Gasteiger partial charge in [0, 0.05) is 40.3 Å². The van der Waals surface area contributed by atoms with Crippen molar-refractivity contribution in [3.8, 4) is 17.0 Å². The first kappa shape index (κ1) is 32.9. The molecule has 0 radical (unpaired) electrons. The second kappa shape index (κ2) is 13.6. The van der Waals surface area contributed by atoms with Crippen molar-refractivity contribution in [1.29, 1.82) is 0 Å². The molecule has 228 valence electrons. The third-order valence-corrected chi connectivity index (χ3v) is 9.07. The van der Waals surface area contributed by atoms with E-state index in [2.05, 4.69) is 14.6 Å². The van der Waals surface area contributed by atoms with Gasteiger partial charge in [0.05, 0.1) is 16.7 Å². The maximum atomic E-state index is 13.7. The van der Waals surface area contributed by atoms with Crippen LogP contribution >= 0.6 is 11.9 Å². The van der Waals surface area contributed by atoms with E-state index in [-0.39, 0.29) is 30.2 Å². The molecule has 0 bridgehead atoms. The number of benzene rings is 1. The van der Waals surface area contributed by atoms with Crippen molar-refractivity contribution < 1.29 is 28.2 Å². The zero-order chi connectivity index (χ0) is 30.5. The van der Waals surface area contributed by atoms with Crippen LogP contribution < -0.4 is 14.8 Å². The molecule has 0 atom stereocenters. The van der Waals surface area contributed by atoms with E-state index in [4.69, 9.17) is 4.74 Å². The second-order valence-corrected chi connectivity index (χ2v) is 13.6. The number of halogens is 2. The third-order valence-electron chi connectivity index (χ3n) is 7.70. The van der Waals surface area contributed by atoms with Crippen molar-refractivity contribution in [2.24, 2.45) is 11.3 Å². The minimum atomic E-state index is -3.01. The van der Waals surface area contributed by atoms with Gasteiger partial charge >= 0.3 is 12.6 Å². The van der Waals surface area contributed by atoms with Gasteiger partial charge in [-0.2, -0.15) is 8.78 Å². The Hall–Kier alpha value is -2.59. The number of aliphatic carboxylic acids is 1. The van der Waals surface area contributed by atoms with Gasteiger partial charge in [-0.15, -0.1) is 0 Å². The number of carbonyl (C=O) groups is 2. The quantitative estimate of drug-likeness (QED) is 0.220. The maximum absolute atomic E-state index is 13.7. The minimum absolute atomic E-state index is 0.0956. The number of nitrogens with one attached hydrogen (secondary N) is 2. The predicted octanol–water partition coefficient (Wildman–Crippen LogP) is 7.58. The van der Waals surface area contributed by atoms with Crippen LogP contribution in [0.1, 0.15) is 94.8 Å². The van der Waals surface area contributed by atoms with Crippen LogP contribution in [0.25, 0.3) is 11.3 Å². The average molecular weight is 594 g/mol. The summed E-state index contributed by atoms with van der Waals surface area (Å²) in [6.07, 6.45) is 5.95. The molecular formula is C31H45F2N3O4S. The summed E-state index contributed by atoms with van der Waals surface area (Å²) in [5, 5.41) is 12.3. The van der Waals surface area contributed by atoms with Gasteiger partial charge in [-0.1, -0.05) is 19.3 Å². The minimum Gasteiger partial charge on any atom is -0.481 e. The van der Waals surface area contributed by atoms with Gasteiger partial charge in [0.1, 0.15) is 5.75 Å². The van der Waals surface area contributed by atoms with Gasteiger partial charge in [0.15, 0.2) is 0 Å². The Morgan fingerprint density at radius 3 is 2.37 bits per heavy atom. The number of rotatable bonds is 12. The molecule has 0 aliphatic heterocycles. The molecule has 0 spiro atoms. The van der Waals surface area contributed by atoms with Crippen LogP contribution in [0.5, 0.6) is 5.75 Å². The molecule has 1 aliphatic carbocycles. The maximum Gasteiger partial charge on any atom is 0.387 e. The topological polar surface area (TPSA) is 92.6 Å². The van der Waals surface area contributed by atoms with Gasteiger partial charge in [0.25, 0.3) is 5.91 Å². The summed E-state index contributed by atoms with van der Waals surface area (Å²) >= 11 is 1.37. The first-order valence-corrected chi connectivity index (χ1v) is 15.2. The van der Waals surface area contributed by atoms with Crippen LogP contribution in [-0.2, 0) is 11.3 Å². The van der Waals surface area contributed by atoms with Crippen molar-refractivity contribution in [2.45, 2.75) is 111 Å². The molecular weight excluding hydrogens is 548 g/mol. The number of ether oxygens (including phenoxy) is 1. The lowest BCUT2D eigenvalue weighted by atomic mass is 9.89. The van der Waals surface area contributed by atoms with Gasteiger partial charge in [0.2, 0.25) is 0 Å². The Kier molecular flexibility index (Phi) is 10.9. The third kappa shape index (κ3) is 8.70. The normalized spacial score (nSPS) is 14.9. The summed E-state index contributed by atoms with van der Waals surface area (Å²) in [7, 11) is 0. The average Bonchev–Trinajstić information content (AvgIpc) is 3.19. The van der Waals surface area contributed by atoms with E-state index in [1.807, 2.05) is 33.8 Å². The molecule has 7 nitrogen and oxygen atoms in total. The first-order chi connectivity index (χ1) is 19.1. The van der Waals surface area contributed by atoms with E-state index in [0.717, 1.165) is 36.3 Å². The van der Waals surface area contributed by atoms with E-state index in [0.29, 0.717) is 34.8 Å².